The highest BCUT2D eigenvalue weighted by Crippen LogP contribution is 2.23. The van der Waals surface area contributed by atoms with Crippen LogP contribution in [0, 0.1) is 6.92 Å². The van der Waals surface area contributed by atoms with E-state index in [1.54, 1.807) is 11.8 Å². The first-order valence-corrected chi connectivity index (χ1v) is 6.24. The van der Waals surface area contributed by atoms with E-state index in [0.717, 1.165) is 11.3 Å². The van der Waals surface area contributed by atoms with Gasteiger partial charge in [-0.25, -0.2) is 0 Å². The zero-order chi connectivity index (χ0) is 13.3. The Hall–Kier alpha value is -1.84. The second kappa shape index (κ2) is 4.80. The third-order valence-electron chi connectivity index (χ3n) is 3.25. The predicted molar refractivity (Wildman–Crippen MR) is 70.3 cm³/mol. The average molecular weight is 246 g/mol. The number of nitrogens with zero attached hydrogens (tertiary/aromatic N) is 1. The number of amides is 2. The number of rotatable bonds is 2. The SMILES string of the molecule is CCC1C(=O)NC(C)C(=O)N1c1cccc(C)c1. The van der Waals surface area contributed by atoms with Crippen molar-refractivity contribution < 1.29 is 9.59 Å². The Labute approximate surface area is 107 Å². The number of carbonyl (C=O) groups excluding carboxylic acids is 2. The smallest absolute Gasteiger partial charge is 0.250 e. The summed E-state index contributed by atoms with van der Waals surface area (Å²) >= 11 is 0. The van der Waals surface area contributed by atoms with Crippen LogP contribution in [0.4, 0.5) is 5.69 Å². The molecule has 1 fully saturated rings. The zero-order valence-corrected chi connectivity index (χ0v) is 10.9. The Morgan fingerprint density at radius 2 is 2.06 bits per heavy atom. The fourth-order valence-electron chi connectivity index (χ4n) is 2.30. The highest BCUT2D eigenvalue weighted by atomic mass is 16.2. The molecule has 1 aliphatic heterocycles. The quantitative estimate of drug-likeness (QED) is 0.862. The highest BCUT2D eigenvalue weighted by Gasteiger charge is 2.38. The fourth-order valence-corrected chi connectivity index (χ4v) is 2.30. The summed E-state index contributed by atoms with van der Waals surface area (Å²) in [6.07, 6.45) is 0.609. The Kier molecular flexibility index (Phi) is 3.36. The van der Waals surface area contributed by atoms with E-state index < -0.39 is 12.1 Å². The molecule has 0 radical (unpaired) electrons. The molecular weight excluding hydrogens is 228 g/mol. The minimum atomic E-state index is -0.458. The van der Waals surface area contributed by atoms with Crippen molar-refractivity contribution in [1.82, 2.24) is 5.32 Å². The molecule has 1 aliphatic rings. The largest absolute Gasteiger partial charge is 0.343 e. The first-order valence-electron chi connectivity index (χ1n) is 6.24. The van der Waals surface area contributed by atoms with Crippen molar-refractivity contribution in [1.29, 1.82) is 0 Å². The summed E-state index contributed by atoms with van der Waals surface area (Å²) in [5.74, 6) is -0.127. The van der Waals surface area contributed by atoms with Crippen molar-refractivity contribution in [3.8, 4) is 0 Å². The number of aryl methyl sites for hydroxylation is 1. The lowest BCUT2D eigenvalue weighted by atomic mass is 10.0. The van der Waals surface area contributed by atoms with E-state index in [1.807, 2.05) is 38.1 Å². The highest BCUT2D eigenvalue weighted by molar-refractivity contribution is 6.08. The normalized spacial score (nSPS) is 24.1. The number of nitrogens with one attached hydrogen (secondary N) is 1. The lowest BCUT2D eigenvalue weighted by molar-refractivity contribution is -0.133. The molecule has 0 aromatic heterocycles. The van der Waals surface area contributed by atoms with Gasteiger partial charge in [0.05, 0.1) is 0 Å². The molecule has 0 aliphatic carbocycles. The molecule has 0 spiro atoms. The van der Waals surface area contributed by atoms with Crippen LogP contribution in [0.15, 0.2) is 24.3 Å². The number of carbonyl (C=O) groups is 2. The third kappa shape index (κ3) is 2.10. The van der Waals surface area contributed by atoms with Crippen LogP contribution in [0.25, 0.3) is 0 Å². The Morgan fingerprint density at radius 3 is 2.67 bits per heavy atom. The van der Waals surface area contributed by atoms with Crippen molar-refractivity contribution in [3.05, 3.63) is 29.8 Å². The van der Waals surface area contributed by atoms with Gasteiger partial charge in [0, 0.05) is 5.69 Å². The monoisotopic (exact) mass is 246 g/mol. The van der Waals surface area contributed by atoms with Crippen molar-refractivity contribution in [2.45, 2.75) is 39.3 Å². The van der Waals surface area contributed by atoms with E-state index in [1.165, 1.54) is 0 Å². The zero-order valence-electron chi connectivity index (χ0n) is 10.9. The molecule has 2 rings (SSSR count). The second-order valence-corrected chi connectivity index (χ2v) is 4.70. The molecule has 1 heterocycles. The molecule has 96 valence electrons. The molecule has 18 heavy (non-hydrogen) atoms. The first kappa shape index (κ1) is 12.6. The third-order valence-corrected chi connectivity index (χ3v) is 3.25. The molecule has 2 amide bonds. The molecule has 0 bridgehead atoms. The van der Waals surface area contributed by atoms with Crippen LogP contribution in [0.5, 0.6) is 0 Å². The minimum absolute atomic E-state index is 0.0490. The van der Waals surface area contributed by atoms with Crippen molar-refractivity contribution in [2.24, 2.45) is 0 Å². The molecule has 0 saturated carbocycles. The summed E-state index contributed by atoms with van der Waals surface area (Å²) in [7, 11) is 0. The second-order valence-electron chi connectivity index (χ2n) is 4.70. The van der Waals surface area contributed by atoms with Crippen LogP contribution < -0.4 is 10.2 Å². The van der Waals surface area contributed by atoms with Crippen LogP contribution in [-0.2, 0) is 9.59 Å². The lowest BCUT2D eigenvalue weighted by Crippen LogP contribution is -2.62. The summed E-state index contributed by atoms with van der Waals surface area (Å²) < 4.78 is 0. The number of hydrogen-bond acceptors (Lipinski definition) is 2. The molecule has 1 N–H and O–H groups in total. The van der Waals surface area contributed by atoms with Gasteiger partial charge in [0.15, 0.2) is 0 Å². The number of anilines is 1. The van der Waals surface area contributed by atoms with Crippen LogP contribution in [0.3, 0.4) is 0 Å². The summed E-state index contributed by atoms with van der Waals surface area (Å²) in [6.45, 7) is 5.60. The van der Waals surface area contributed by atoms with Gasteiger partial charge in [-0.05, 0) is 38.0 Å². The molecule has 4 nitrogen and oxygen atoms in total. The molecule has 1 saturated heterocycles. The molecule has 1 aromatic rings. The predicted octanol–water partition coefficient (Wildman–Crippen LogP) is 1.62. The Bertz CT molecular complexity index is 484. The molecule has 1 aromatic carbocycles. The van der Waals surface area contributed by atoms with E-state index in [9.17, 15) is 9.59 Å². The summed E-state index contributed by atoms with van der Waals surface area (Å²) in [6, 6.07) is 6.82. The van der Waals surface area contributed by atoms with Gasteiger partial charge in [0.25, 0.3) is 0 Å². The van der Waals surface area contributed by atoms with Gasteiger partial charge in [-0.15, -0.1) is 0 Å². The van der Waals surface area contributed by atoms with E-state index in [0.29, 0.717) is 6.42 Å². The molecule has 4 heteroatoms. The van der Waals surface area contributed by atoms with Gasteiger partial charge in [-0.3, -0.25) is 14.5 Å². The summed E-state index contributed by atoms with van der Waals surface area (Å²) in [5.41, 5.74) is 1.88. The van der Waals surface area contributed by atoms with Crippen LogP contribution in [0.1, 0.15) is 25.8 Å². The minimum Gasteiger partial charge on any atom is -0.343 e. The van der Waals surface area contributed by atoms with Crippen molar-refractivity contribution in [3.63, 3.8) is 0 Å². The number of benzene rings is 1. The van der Waals surface area contributed by atoms with Gasteiger partial charge >= 0.3 is 0 Å². The van der Waals surface area contributed by atoms with Crippen LogP contribution in [-0.4, -0.2) is 23.9 Å². The van der Waals surface area contributed by atoms with Gasteiger partial charge in [-0.1, -0.05) is 19.1 Å². The lowest BCUT2D eigenvalue weighted by Gasteiger charge is -2.37. The van der Waals surface area contributed by atoms with Crippen molar-refractivity contribution >= 4 is 17.5 Å². The maximum atomic E-state index is 12.3. The maximum absolute atomic E-state index is 12.3. The van der Waals surface area contributed by atoms with Gasteiger partial charge in [-0.2, -0.15) is 0 Å². The fraction of sp³-hybridized carbons (Fsp3) is 0.429. The standard InChI is InChI=1S/C14H18N2O2/c1-4-12-13(17)15-10(3)14(18)16(12)11-7-5-6-9(2)8-11/h5-8,10,12H,4H2,1-3H3,(H,15,17). The number of piperazine rings is 1. The van der Waals surface area contributed by atoms with Gasteiger partial charge < -0.3 is 5.32 Å². The van der Waals surface area contributed by atoms with E-state index in [-0.39, 0.29) is 11.8 Å². The van der Waals surface area contributed by atoms with Gasteiger partial charge in [0.2, 0.25) is 11.8 Å². The summed E-state index contributed by atoms with van der Waals surface area (Å²) in [5, 5.41) is 2.71. The molecular formula is C14H18N2O2. The van der Waals surface area contributed by atoms with Crippen LogP contribution >= 0.6 is 0 Å². The summed E-state index contributed by atoms with van der Waals surface area (Å²) in [4.78, 5) is 25.8. The van der Waals surface area contributed by atoms with Gasteiger partial charge in [0.1, 0.15) is 12.1 Å². The van der Waals surface area contributed by atoms with E-state index in [4.69, 9.17) is 0 Å². The topological polar surface area (TPSA) is 49.4 Å². The van der Waals surface area contributed by atoms with E-state index >= 15 is 0 Å². The average Bonchev–Trinajstić information content (AvgIpc) is 2.33. The van der Waals surface area contributed by atoms with Crippen molar-refractivity contribution in [2.75, 3.05) is 4.90 Å². The molecule has 2 atom stereocenters. The Morgan fingerprint density at radius 1 is 1.33 bits per heavy atom. The first-order chi connectivity index (χ1) is 8.54. The maximum Gasteiger partial charge on any atom is 0.250 e. The Balaban J connectivity index is 2.43. The number of hydrogen-bond donors (Lipinski definition) is 1. The van der Waals surface area contributed by atoms with E-state index in [2.05, 4.69) is 5.32 Å². The van der Waals surface area contributed by atoms with Crippen LogP contribution in [0.2, 0.25) is 0 Å². The molecule has 2 unspecified atom stereocenters.